The molecule has 0 aliphatic heterocycles. The SMILES string of the molecule is CC(=O)Cc1cc(-c2nc(-c3ncco3)c(-c3ccccc3Cl)o2)c(C)cn1. The molecule has 0 saturated heterocycles. The smallest absolute Gasteiger partial charge is 0.249 e. The first kappa shape index (κ1) is 18.1. The van der Waals surface area contributed by atoms with Gasteiger partial charge in [-0.15, -0.1) is 0 Å². The van der Waals surface area contributed by atoms with Gasteiger partial charge in [0.15, 0.2) is 11.5 Å². The number of carbonyl (C=O) groups excluding carboxylic acids is 1. The molecule has 0 saturated carbocycles. The monoisotopic (exact) mass is 393 g/mol. The first-order valence-corrected chi connectivity index (χ1v) is 9.01. The molecule has 0 unspecified atom stereocenters. The highest BCUT2D eigenvalue weighted by Gasteiger charge is 2.23. The van der Waals surface area contributed by atoms with Crippen LogP contribution in [0.15, 0.2) is 57.8 Å². The Morgan fingerprint density at radius 1 is 1.14 bits per heavy atom. The minimum atomic E-state index is 0.0342. The number of oxazole rings is 2. The fourth-order valence-corrected chi connectivity index (χ4v) is 3.12. The zero-order chi connectivity index (χ0) is 19.7. The topological polar surface area (TPSA) is 82.0 Å². The number of hydrogen-bond acceptors (Lipinski definition) is 6. The van der Waals surface area contributed by atoms with Gasteiger partial charge in [-0.1, -0.05) is 23.7 Å². The van der Waals surface area contributed by atoms with Crippen molar-refractivity contribution in [1.29, 1.82) is 0 Å². The number of Topliss-reactive ketones (excluding diaryl/α,β-unsaturated/α-hetero) is 1. The van der Waals surface area contributed by atoms with Crippen LogP contribution in [-0.2, 0) is 11.2 Å². The molecule has 6 nitrogen and oxygen atoms in total. The molecule has 0 aliphatic rings. The molecule has 4 aromatic rings. The molecule has 3 heterocycles. The number of aromatic nitrogens is 3. The van der Waals surface area contributed by atoms with Crippen molar-refractivity contribution in [3.63, 3.8) is 0 Å². The molecule has 1 aromatic carbocycles. The fourth-order valence-electron chi connectivity index (χ4n) is 2.90. The van der Waals surface area contributed by atoms with Crippen LogP contribution in [0.25, 0.3) is 34.4 Å². The highest BCUT2D eigenvalue weighted by atomic mass is 35.5. The van der Waals surface area contributed by atoms with Crippen LogP contribution in [0.1, 0.15) is 18.2 Å². The number of nitrogens with zero attached hydrogens (tertiary/aromatic N) is 3. The van der Waals surface area contributed by atoms with Gasteiger partial charge in [0.05, 0.1) is 11.2 Å². The maximum Gasteiger partial charge on any atom is 0.249 e. The van der Waals surface area contributed by atoms with E-state index in [9.17, 15) is 4.79 Å². The van der Waals surface area contributed by atoms with E-state index in [4.69, 9.17) is 20.4 Å². The standard InChI is InChI=1S/C21H16ClN3O3/c1-12-11-24-14(9-13(2)26)10-16(12)20-25-18(21-23-7-8-27-21)19(28-20)15-5-3-4-6-17(15)22/h3-8,10-11H,9H2,1-2H3. The van der Waals surface area contributed by atoms with E-state index in [2.05, 4.69) is 15.0 Å². The maximum atomic E-state index is 11.5. The van der Waals surface area contributed by atoms with Gasteiger partial charge in [-0.3, -0.25) is 9.78 Å². The lowest BCUT2D eigenvalue weighted by Gasteiger charge is -2.04. The van der Waals surface area contributed by atoms with Crippen molar-refractivity contribution in [2.24, 2.45) is 0 Å². The molecule has 140 valence electrons. The summed E-state index contributed by atoms with van der Waals surface area (Å²) in [6, 6.07) is 9.15. The van der Waals surface area contributed by atoms with E-state index in [-0.39, 0.29) is 12.2 Å². The van der Waals surface area contributed by atoms with E-state index in [0.717, 1.165) is 11.1 Å². The van der Waals surface area contributed by atoms with Crippen LogP contribution in [0.5, 0.6) is 0 Å². The molecule has 0 aliphatic carbocycles. The predicted octanol–water partition coefficient (Wildman–Crippen LogP) is 5.15. The Kier molecular flexibility index (Phi) is 4.79. The Morgan fingerprint density at radius 3 is 2.68 bits per heavy atom. The lowest BCUT2D eigenvalue weighted by molar-refractivity contribution is -0.116. The summed E-state index contributed by atoms with van der Waals surface area (Å²) in [7, 11) is 0. The quantitative estimate of drug-likeness (QED) is 0.466. The third-order valence-electron chi connectivity index (χ3n) is 4.20. The Labute approximate surface area is 166 Å². The molecule has 0 N–H and O–H groups in total. The number of ketones is 1. The van der Waals surface area contributed by atoms with Gasteiger partial charge in [0.2, 0.25) is 11.8 Å². The van der Waals surface area contributed by atoms with Crippen molar-refractivity contribution < 1.29 is 13.6 Å². The van der Waals surface area contributed by atoms with Gasteiger partial charge in [0.1, 0.15) is 12.0 Å². The summed E-state index contributed by atoms with van der Waals surface area (Å²) in [6.07, 6.45) is 4.97. The number of halogens is 1. The van der Waals surface area contributed by atoms with Crippen molar-refractivity contribution in [1.82, 2.24) is 15.0 Å². The molecule has 0 amide bonds. The van der Waals surface area contributed by atoms with Crippen LogP contribution in [-0.4, -0.2) is 20.7 Å². The molecule has 0 bridgehead atoms. The summed E-state index contributed by atoms with van der Waals surface area (Å²) in [4.78, 5) is 24.6. The molecule has 7 heteroatoms. The largest absolute Gasteiger partial charge is 0.443 e. The van der Waals surface area contributed by atoms with Crippen molar-refractivity contribution in [2.45, 2.75) is 20.3 Å². The minimum Gasteiger partial charge on any atom is -0.443 e. The second-order valence-corrected chi connectivity index (χ2v) is 6.79. The Bertz CT molecular complexity index is 1150. The lowest BCUT2D eigenvalue weighted by Crippen LogP contribution is -2.00. The summed E-state index contributed by atoms with van der Waals surface area (Å²) in [6.45, 7) is 3.44. The van der Waals surface area contributed by atoms with Gasteiger partial charge in [-0.05, 0) is 37.6 Å². The van der Waals surface area contributed by atoms with E-state index in [1.165, 1.54) is 13.2 Å². The van der Waals surface area contributed by atoms with Crippen molar-refractivity contribution >= 4 is 17.4 Å². The van der Waals surface area contributed by atoms with Gasteiger partial charge in [0, 0.05) is 29.4 Å². The van der Waals surface area contributed by atoms with E-state index >= 15 is 0 Å². The van der Waals surface area contributed by atoms with E-state index < -0.39 is 0 Å². The summed E-state index contributed by atoms with van der Waals surface area (Å²) in [5, 5.41) is 0.529. The number of rotatable bonds is 5. The fraction of sp³-hybridized carbons (Fsp3) is 0.143. The van der Waals surface area contributed by atoms with Crippen LogP contribution in [0.4, 0.5) is 0 Å². The summed E-state index contributed by atoms with van der Waals surface area (Å²) in [5.74, 6) is 1.22. The number of pyridine rings is 1. The highest BCUT2D eigenvalue weighted by Crippen LogP contribution is 2.38. The first-order chi connectivity index (χ1) is 13.5. The van der Waals surface area contributed by atoms with E-state index in [1.807, 2.05) is 31.2 Å². The molecular weight excluding hydrogens is 378 g/mol. The maximum absolute atomic E-state index is 11.5. The van der Waals surface area contributed by atoms with Crippen molar-refractivity contribution in [2.75, 3.05) is 0 Å². The number of aryl methyl sites for hydroxylation is 1. The molecule has 3 aromatic heterocycles. The summed E-state index contributed by atoms with van der Waals surface area (Å²) >= 11 is 6.37. The van der Waals surface area contributed by atoms with Gasteiger partial charge in [-0.25, -0.2) is 9.97 Å². The normalized spacial score (nSPS) is 11.0. The van der Waals surface area contributed by atoms with Crippen LogP contribution < -0.4 is 0 Å². The first-order valence-electron chi connectivity index (χ1n) is 8.64. The molecule has 4 rings (SSSR count). The number of benzene rings is 1. The molecule has 0 radical (unpaired) electrons. The van der Waals surface area contributed by atoms with Crippen LogP contribution >= 0.6 is 11.6 Å². The second kappa shape index (κ2) is 7.40. The Hall–Kier alpha value is -3.25. The third kappa shape index (κ3) is 3.46. The molecule has 0 fully saturated rings. The molecular formula is C21H16ClN3O3. The molecule has 28 heavy (non-hydrogen) atoms. The summed E-state index contributed by atoms with van der Waals surface area (Å²) in [5.41, 5.74) is 3.42. The average molecular weight is 394 g/mol. The van der Waals surface area contributed by atoms with E-state index in [1.54, 1.807) is 18.5 Å². The predicted molar refractivity (Wildman–Crippen MR) is 105 cm³/mol. The van der Waals surface area contributed by atoms with Gasteiger partial charge in [0.25, 0.3) is 0 Å². The third-order valence-corrected chi connectivity index (χ3v) is 4.53. The second-order valence-electron chi connectivity index (χ2n) is 6.38. The molecule has 0 atom stereocenters. The number of hydrogen-bond donors (Lipinski definition) is 0. The van der Waals surface area contributed by atoms with Gasteiger partial charge in [-0.2, -0.15) is 0 Å². The average Bonchev–Trinajstić information content (AvgIpc) is 3.32. The Morgan fingerprint density at radius 2 is 1.96 bits per heavy atom. The Balaban J connectivity index is 1.90. The van der Waals surface area contributed by atoms with Gasteiger partial charge < -0.3 is 8.83 Å². The van der Waals surface area contributed by atoms with Crippen LogP contribution in [0.2, 0.25) is 5.02 Å². The molecule has 0 spiro atoms. The lowest BCUT2D eigenvalue weighted by atomic mass is 10.1. The van der Waals surface area contributed by atoms with Gasteiger partial charge >= 0.3 is 0 Å². The van der Waals surface area contributed by atoms with Crippen molar-refractivity contribution in [3.05, 3.63) is 65.3 Å². The zero-order valence-corrected chi connectivity index (χ0v) is 16.0. The van der Waals surface area contributed by atoms with Crippen molar-refractivity contribution in [3.8, 4) is 34.4 Å². The minimum absolute atomic E-state index is 0.0342. The van der Waals surface area contributed by atoms with Crippen LogP contribution in [0, 0.1) is 6.92 Å². The van der Waals surface area contributed by atoms with E-state index in [0.29, 0.717) is 39.5 Å². The van der Waals surface area contributed by atoms with Crippen LogP contribution in [0.3, 0.4) is 0 Å². The number of carbonyl (C=O) groups is 1. The highest BCUT2D eigenvalue weighted by molar-refractivity contribution is 6.33. The zero-order valence-electron chi connectivity index (χ0n) is 15.3. The summed E-state index contributed by atoms with van der Waals surface area (Å²) < 4.78 is 11.6.